The van der Waals surface area contributed by atoms with Gasteiger partial charge < -0.3 is 15.0 Å². The number of fused-ring (bicyclic) bond motifs is 1. The quantitative estimate of drug-likeness (QED) is 0.577. The lowest BCUT2D eigenvalue weighted by Crippen LogP contribution is -2.51. The van der Waals surface area contributed by atoms with Crippen LogP contribution in [0.15, 0.2) is 42.6 Å². The number of nitrogens with one attached hydrogen (secondary N) is 1. The molecule has 3 heterocycles. The zero-order valence-corrected chi connectivity index (χ0v) is 20.1. The first-order valence-electron chi connectivity index (χ1n) is 11.9. The van der Waals surface area contributed by atoms with Gasteiger partial charge >= 0.3 is 0 Å². The van der Waals surface area contributed by atoms with E-state index in [2.05, 4.69) is 5.32 Å². The minimum absolute atomic E-state index is 0.0312. The Kier molecular flexibility index (Phi) is 6.57. The lowest BCUT2D eigenvalue weighted by molar-refractivity contribution is 0.0169. The van der Waals surface area contributed by atoms with Gasteiger partial charge in [0.1, 0.15) is 0 Å². The second-order valence-electron chi connectivity index (χ2n) is 9.30. The van der Waals surface area contributed by atoms with Crippen molar-refractivity contribution >= 4 is 34.3 Å². The molecule has 1 aromatic heterocycles. The van der Waals surface area contributed by atoms with Crippen LogP contribution in [0.1, 0.15) is 45.5 Å². The lowest BCUT2D eigenvalue weighted by Gasteiger charge is -2.39. The van der Waals surface area contributed by atoms with Crippen molar-refractivity contribution in [2.24, 2.45) is 5.92 Å². The summed E-state index contributed by atoms with van der Waals surface area (Å²) in [7, 11) is 0. The largest absolute Gasteiger partial charge is 0.376 e. The third-order valence-electron chi connectivity index (χ3n) is 6.80. The molecular weight excluding hydrogens is 452 g/mol. The normalized spacial score (nSPS) is 18.6. The SMILES string of the molecule is Cc1c(C(=O)NC[C@@H]2CCCCO2)ccc2nn(CC3CN(C(=O)c4ccc(Cl)cc4)C3)cc12. The lowest BCUT2D eigenvalue weighted by atomic mass is 9.99. The van der Waals surface area contributed by atoms with Crippen LogP contribution in [-0.4, -0.2) is 58.8 Å². The minimum atomic E-state index is -0.0725. The number of amides is 2. The van der Waals surface area contributed by atoms with Gasteiger partial charge in [0.05, 0.1) is 11.6 Å². The van der Waals surface area contributed by atoms with Crippen molar-refractivity contribution in [1.29, 1.82) is 0 Å². The Bertz CT molecular complexity index is 1190. The molecule has 7 nitrogen and oxygen atoms in total. The molecule has 34 heavy (non-hydrogen) atoms. The molecule has 2 aliphatic rings. The van der Waals surface area contributed by atoms with E-state index in [0.717, 1.165) is 48.9 Å². The van der Waals surface area contributed by atoms with E-state index in [1.807, 2.05) is 34.8 Å². The molecule has 2 aliphatic heterocycles. The summed E-state index contributed by atoms with van der Waals surface area (Å²) in [5.41, 5.74) is 3.13. The summed E-state index contributed by atoms with van der Waals surface area (Å²) >= 11 is 5.91. The number of aromatic nitrogens is 2. The predicted molar refractivity (Wildman–Crippen MR) is 131 cm³/mol. The number of nitrogens with zero attached hydrogens (tertiary/aromatic N) is 3. The molecule has 0 radical (unpaired) electrons. The van der Waals surface area contributed by atoms with Crippen LogP contribution in [-0.2, 0) is 11.3 Å². The molecule has 0 spiro atoms. The predicted octanol–water partition coefficient (Wildman–Crippen LogP) is 4.07. The van der Waals surface area contributed by atoms with Crippen LogP contribution in [0.2, 0.25) is 5.02 Å². The van der Waals surface area contributed by atoms with Gasteiger partial charge in [0.15, 0.2) is 0 Å². The van der Waals surface area contributed by atoms with Crippen LogP contribution >= 0.6 is 11.6 Å². The van der Waals surface area contributed by atoms with E-state index in [4.69, 9.17) is 21.4 Å². The van der Waals surface area contributed by atoms with Gasteiger partial charge in [0.2, 0.25) is 0 Å². The molecule has 178 valence electrons. The van der Waals surface area contributed by atoms with Crippen LogP contribution in [0, 0.1) is 12.8 Å². The Hall–Kier alpha value is -2.90. The molecule has 1 atom stereocenters. The van der Waals surface area contributed by atoms with Crippen molar-refractivity contribution in [1.82, 2.24) is 20.0 Å². The second kappa shape index (κ2) is 9.76. The number of carbonyl (C=O) groups is 2. The van der Waals surface area contributed by atoms with Gasteiger partial charge in [-0.1, -0.05) is 11.6 Å². The number of benzene rings is 2. The third kappa shape index (κ3) is 4.81. The van der Waals surface area contributed by atoms with E-state index in [9.17, 15) is 9.59 Å². The molecule has 2 fully saturated rings. The minimum Gasteiger partial charge on any atom is -0.376 e. The molecular formula is C26H29ClN4O3. The topological polar surface area (TPSA) is 76.5 Å². The Morgan fingerprint density at radius 3 is 2.68 bits per heavy atom. The highest BCUT2D eigenvalue weighted by Gasteiger charge is 2.31. The van der Waals surface area contributed by atoms with Crippen molar-refractivity contribution in [3.8, 4) is 0 Å². The van der Waals surface area contributed by atoms with Crippen molar-refractivity contribution in [2.75, 3.05) is 26.2 Å². The smallest absolute Gasteiger partial charge is 0.253 e. The number of carbonyl (C=O) groups excluding carboxylic acids is 2. The highest BCUT2D eigenvalue weighted by Crippen LogP contribution is 2.25. The average molecular weight is 481 g/mol. The zero-order chi connectivity index (χ0) is 23.7. The maximum atomic E-state index is 12.8. The van der Waals surface area contributed by atoms with Crippen LogP contribution in [0.5, 0.6) is 0 Å². The Balaban J connectivity index is 1.19. The number of likely N-dealkylation sites (tertiary alicyclic amines) is 1. The van der Waals surface area contributed by atoms with Gasteiger partial charge in [-0.2, -0.15) is 5.10 Å². The molecule has 0 aliphatic carbocycles. The molecule has 2 amide bonds. The van der Waals surface area contributed by atoms with Crippen molar-refractivity contribution in [3.63, 3.8) is 0 Å². The van der Waals surface area contributed by atoms with Crippen molar-refractivity contribution < 1.29 is 14.3 Å². The highest BCUT2D eigenvalue weighted by molar-refractivity contribution is 6.30. The number of aryl methyl sites for hydroxylation is 1. The summed E-state index contributed by atoms with van der Waals surface area (Å²) in [6.07, 6.45) is 5.36. The summed E-state index contributed by atoms with van der Waals surface area (Å²) < 4.78 is 7.65. The number of hydrogen-bond acceptors (Lipinski definition) is 4. The van der Waals surface area contributed by atoms with Gasteiger partial charge in [0.25, 0.3) is 11.8 Å². The molecule has 8 heteroatoms. The van der Waals surface area contributed by atoms with E-state index >= 15 is 0 Å². The van der Waals surface area contributed by atoms with E-state index in [-0.39, 0.29) is 17.9 Å². The summed E-state index contributed by atoms with van der Waals surface area (Å²) in [5, 5.41) is 9.33. The molecule has 0 saturated carbocycles. The zero-order valence-electron chi connectivity index (χ0n) is 19.3. The van der Waals surface area contributed by atoms with Gasteiger partial charge in [-0.05, 0) is 68.1 Å². The van der Waals surface area contributed by atoms with Crippen molar-refractivity contribution in [2.45, 2.75) is 38.8 Å². The summed E-state index contributed by atoms with van der Waals surface area (Å²) in [5.74, 6) is 0.310. The number of halogens is 1. The maximum absolute atomic E-state index is 12.8. The summed E-state index contributed by atoms with van der Waals surface area (Å²) in [6, 6.07) is 10.8. The highest BCUT2D eigenvalue weighted by atomic mass is 35.5. The molecule has 0 bridgehead atoms. The van der Waals surface area contributed by atoms with Crippen LogP contribution in [0.4, 0.5) is 0 Å². The number of hydrogen-bond donors (Lipinski definition) is 1. The third-order valence-corrected chi connectivity index (χ3v) is 7.05. The molecule has 1 N–H and O–H groups in total. The van der Waals surface area contributed by atoms with Gasteiger partial charge in [-0.15, -0.1) is 0 Å². The monoisotopic (exact) mass is 480 g/mol. The maximum Gasteiger partial charge on any atom is 0.253 e. The number of ether oxygens (including phenoxy) is 1. The van der Waals surface area contributed by atoms with Gasteiger partial charge in [-0.3, -0.25) is 14.3 Å². The van der Waals surface area contributed by atoms with E-state index in [0.29, 0.717) is 41.7 Å². The first-order chi connectivity index (χ1) is 16.5. The Labute approximate surface area is 204 Å². The van der Waals surface area contributed by atoms with Gasteiger partial charge in [-0.25, -0.2) is 0 Å². The fourth-order valence-corrected chi connectivity index (χ4v) is 4.91. The summed E-state index contributed by atoms with van der Waals surface area (Å²) in [4.78, 5) is 27.2. The van der Waals surface area contributed by atoms with Crippen LogP contribution < -0.4 is 5.32 Å². The van der Waals surface area contributed by atoms with Crippen LogP contribution in [0.3, 0.4) is 0 Å². The first-order valence-corrected chi connectivity index (χ1v) is 12.3. The summed E-state index contributed by atoms with van der Waals surface area (Å²) in [6.45, 7) is 5.43. The fraction of sp³-hybridized carbons (Fsp3) is 0.423. The molecule has 2 saturated heterocycles. The van der Waals surface area contributed by atoms with Gasteiger partial charge in [0, 0.05) is 66.4 Å². The van der Waals surface area contributed by atoms with Crippen LogP contribution in [0.25, 0.3) is 10.9 Å². The number of rotatable bonds is 6. The van der Waals surface area contributed by atoms with E-state index in [1.165, 1.54) is 0 Å². The van der Waals surface area contributed by atoms with E-state index < -0.39 is 0 Å². The Morgan fingerprint density at radius 1 is 1.15 bits per heavy atom. The fourth-order valence-electron chi connectivity index (χ4n) is 4.78. The molecule has 0 unspecified atom stereocenters. The molecule has 3 aromatic rings. The second-order valence-corrected chi connectivity index (χ2v) is 9.74. The van der Waals surface area contributed by atoms with E-state index in [1.54, 1.807) is 24.3 Å². The molecule has 5 rings (SSSR count). The average Bonchev–Trinajstić information content (AvgIpc) is 3.24. The Morgan fingerprint density at radius 2 is 1.94 bits per heavy atom. The van der Waals surface area contributed by atoms with Crippen molar-refractivity contribution in [3.05, 3.63) is 64.3 Å². The standard InChI is InChI=1S/C26H29ClN4O3/c1-17-22(25(32)28-12-21-4-2-3-11-34-21)9-10-24-23(17)16-31(29-24)15-18-13-30(14-18)26(33)19-5-7-20(27)8-6-19/h5-10,16,18,21H,2-4,11-15H2,1H3,(H,28,32)/t21-/m0/s1. The first kappa shape index (κ1) is 22.9. The molecule has 2 aromatic carbocycles.